The lowest BCUT2D eigenvalue weighted by atomic mass is 10.1. The Morgan fingerprint density at radius 1 is 1.26 bits per heavy atom. The van der Waals surface area contributed by atoms with Crippen LogP contribution in [0.4, 0.5) is 4.39 Å². The monoisotopic (exact) mass is 278 g/mol. The fourth-order valence-electron chi connectivity index (χ4n) is 2.02. The van der Waals surface area contributed by atoms with Gasteiger partial charge in [0.1, 0.15) is 5.82 Å². The Balaban J connectivity index is 2.09. The van der Waals surface area contributed by atoms with Crippen LogP contribution in [0.5, 0.6) is 0 Å². The van der Waals surface area contributed by atoms with Crippen molar-refractivity contribution in [3.63, 3.8) is 0 Å². The minimum atomic E-state index is -0.151. The van der Waals surface area contributed by atoms with E-state index >= 15 is 0 Å². The molecule has 2 aromatic rings. The molecule has 0 unspecified atom stereocenters. The van der Waals surface area contributed by atoms with E-state index in [2.05, 4.69) is 23.3 Å². The van der Waals surface area contributed by atoms with E-state index in [1.165, 1.54) is 10.9 Å². The maximum Gasteiger partial charge on any atom is 0.127 e. The fourth-order valence-corrected chi connectivity index (χ4v) is 2.77. The Morgan fingerprint density at radius 3 is 2.74 bits per heavy atom. The van der Waals surface area contributed by atoms with Crippen LogP contribution in [0, 0.1) is 5.82 Å². The second kappa shape index (κ2) is 6.80. The highest BCUT2D eigenvalue weighted by Gasteiger charge is 2.09. The van der Waals surface area contributed by atoms with Gasteiger partial charge in [-0.3, -0.25) is 4.90 Å². The number of rotatable bonds is 6. The molecule has 0 atom stereocenters. The molecular formula is C15H19FN2S. The predicted molar refractivity (Wildman–Crippen MR) is 78.4 cm³/mol. The van der Waals surface area contributed by atoms with E-state index in [1.807, 2.05) is 12.1 Å². The molecule has 0 spiro atoms. The number of hydrogen-bond acceptors (Lipinski definition) is 3. The zero-order valence-electron chi connectivity index (χ0n) is 11.1. The van der Waals surface area contributed by atoms with Gasteiger partial charge in [0.05, 0.1) is 0 Å². The Bertz CT molecular complexity index is 511. The van der Waals surface area contributed by atoms with Crippen molar-refractivity contribution in [2.45, 2.75) is 26.6 Å². The summed E-state index contributed by atoms with van der Waals surface area (Å²) in [4.78, 5) is 3.53. The number of halogens is 1. The molecule has 0 saturated heterocycles. The Morgan fingerprint density at radius 2 is 2.11 bits per heavy atom. The van der Waals surface area contributed by atoms with Gasteiger partial charge in [-0.15, -0.1) is 11.3 Å². The molecule has 0 saturated carbocycles. The van der Waals surface area contributed by atoms with Gasteiger partial charge >= 0.3 is 0 Å². The van der Waals surface area contributed by atoms with Gasteiger partial charge < -0.3 is 5.73 Å². The van der Waals surface area contributed by atoms with Crippen LogP contribution in [0.15, 0.2) is 35.7 Å². The normalized spacial score (nSPS) is 11.2. The Labute approximate surface area is 117 Å². The van der Waals surface area contributed by atoms with Gasteiger partial charge in [0.15, 0.2) is 0 Å². The van der Waals surface area contributed by atoms with Crippen LogP contribution in [0.1, 0.15) is 22.9 Å². The van der Waals surface area contributed by atoms with Crippen molar-refractivity contribution in [1.82, 2.24) is 4.90 Å². The van der Waals surface area contributed by atoms with Crippen molar-refractivity contribution in [1.29, 1.82) is 0 Å². The van der Waals surface area contributed by atoms with Crippen LogP contribution in [0.3, 0.4) is 0 Å². The zero-order chi connectivity index (χ0) is 13.7. The summed E-state index contributed by atoms with van der Waals surface area (Å²) in [6.45, 7) is 4.92. The van der Waals surface area contributed by atoms with Crippen molar-refractivity contribution < 1.29 is 4.39 Å². The minimum absolute atomic E-state index is 0.151. The highest BCUT2D eigenvalue weighted by atomic mass is 32.1. The van der Waals surface area contributed by atoms with Gasteiger partial charge in [0.25, 0.3) is 0 Å². The second-order valence-corrected chi connectivity index (χ2v) is 5.54. The molecule has 2 rings (SSSR count). The molecule has 1 heterocycles. The van der Waals surface area contributed by atoms with Crippen molar-refractivity contribution in [3.8, 4) is 0 Å². The summed E-state index contributed by atoms with van der Waals surface area (Å²) in [6, 6.07) is 9.28. The predicted octanol–water partition coefficient (Wildman–Crippen LogP) is 3.37. The summed E-state index contributed by atoms with van der Waals surface area (Å²) in [7, 11) is 0. The molecule has 0 bridgehead atoms. The second-order valence-electron chi connectivity index (χ2n) is 4.51. The zero-order valence-corrected chi connectivity index (χ0v) is 11.9. The molecular weight excluding hydrogens is 259 g/mol. The first-order valence-corrected chi connectivity index (χ1v) is 7.33. The van der Waals surface area contributed by atoms with Crippen molar-refractivity contribution in [3.05, 3.63) is 57.5 Å². The minimum Gasteiger partial charge on any atom is -0.326 e. The third kappa shape index (κ3) is 3.86. The largest absolute Gasteiger partial charge is 0.326 e. The first-order valence-electron chi connectivity index (χ1n) is 6.45. The van der Waals surface area contributed by atoms with Crippen LogP contribution in [-0.4, -0.2) is 11.4 Å². The third-order valence-corrected chi connectivity index (χ3v) is 4.01. The van der Waals surface area contributed by atoms with E-state index in [4.69, 9.17) is 5.73 Å². The molecule has 2 N–H and O–H groups in total. The van der Waals surface area contributed by atoms with Gasteiger partial charge in [-0.1, -0.05) is 25.1 Å². The quantitative estimate of drug-likeness (QED) is 0.878. The van der Waals surface area contributed by atoms with Gasteiger partial charge in [-0.25, -0.2) is 4.39 Å². The van der Waals surface area contributed by atoms with Crippen molar-refractivity contribution in [2.75, 3.05) is 6.54 Å². The van der Waals surface area contributed by atoms with E-state index in [0.29, 0.717) is 13.1 Å². The van der Waals surface area contributed by atoms with Crippen molar-refractivity contribution in [2.24, 2.45) is 5.73 Å². The molecule has 0 radical (unpaired) electrons. The van der Waals surface area contributed by atoms with Crippen LogP contribution in [0.2, 0.25) is 0 Å². The number of nitrogens with zero attached hydrogens (tertiary/aromatic N) is 1. The molecule has 0 aliphatic carbocycles. The molecule has 19 heavy (non-hydrogen) atoms. The smallest absolute Gasteiger partial charge is 0.127 e. The van der Waals surface area contributed by atoms with E-state index in [9.17, 15) is 4.39 Å². The molecule has 0 aliphatic heterocycles. The van der Waals surface area contributed by atoms with Crippen molar-refractivity contribution >= 4 is 11.3 Å². The summed E-state index contributed by atoms with van der Waals surface area (Å²) >= 11 is 1.73. The Kier molecular flexibility index (Phi) is 5.07. The summed E-state index contributed by atoms with van der Waals surface area (Å²) in [5.41, 5.74) is 7.31. The highest BCUT2D eigenvalue weighted by Crippen LogP contribution is 2.17. The maximum absolute atomic E-state index is 13.8. The average molecular weight is 278 g/mol. The van der Waals surface area contributed by atoms with E-state index < -0.39 is 0 Å². The standard InChI is InChI=1S/C15H19FN2S/c1-2-18(11-14-4-3-7-19-14)10-13-8-12(9-17)5-6-15(13)16/h3-8H,2,9-11,17H2,1H3. The number of thiophene rings is 1. The molecule has 0 amide bonds. The Hall–Kier alpha value is -1.23. The molecule has 1 aromatic carbocycles. The lowest BCUT2D eigenvalue weighted by molar-refractivity contribution is 0.269. The average Bonchev–Trinajstić information content (AvgIpc) is 2.93. The topological polar surface area (TPSA) is 29.3 Å². The maximum atomic E-state index is 13.8. The summed E-state index contributed by atoms with van der Waals surface area (Å²) in [5, 5.41) is 2.07. The molecule has 0 aliphatic rings. The van der Waals surface area contributed by atoms with E-state index in [0.717, 1.165) is 24.2 Å². The molecule has 0 fully saturated rings. The summed E-state index contributed by atoms with van der Waals surface area (Å²) in [5.74, 6) is -0.151. The van der Waals surface area contributed by atoms with Gasteiger partial charge in [-0.05, 0) is 29.6 Å². The van der Waals surface area contributed by atoms with Crippen LogP contribution < -0.4 is 5.73 Å². The first-order chi connectivity index (χ1) is 9.22. The van der Waals surface area contributed by atoms with E-state index in [-0.39, 0.29) is 5.82 Å². The number of hydrogen-bond donors (Lipinski definition) is 1. The van der Waals surface area contributed by atoms with E-state index in [1.54, 1.807) is 17.4 Å². The number of nitrogens with two attached hydrogens (primary N) is 1. The number of benzene rings is 1. The first kappa shape index (κ1) is 14.2. The fraction of sp³-hybridized carbons (Fsp3) is 0.333. The van der Waals surface area contributed by atoms with Crippen LogP contribution in [0.25, 0.3) is 0 Å². The molecule has 4 heteroatoms. The summed E-state index contributed by atoms with van der Waals surface area (Å²) < 4.78 is 13.8. The van der Waals surface area contributed by atoms with Gasteiger partial charge in [-0.2, -0.15) is 0 Å². The summed E-state index contributed by atoms with van der Waals surface area (Å²) in [6.07, 6.45) is 0. The third-order valence-electron chi connectivity index (χ3n) is 3.15. The molecule has 2 nitrogen and oxygen atoms in total. The van der Waals surface area contributed by atoms with Crippen LogP contribution in [-0.2, 0) is 19.6 Å². The van der Waals surface area contributed by atoms with Gasteiger partial charge in [0.2, 0.25) is 0 Å². The lowest BCUT2D eigenvalue weighted by Gasteiger charge is -2.20. The molecule has 1 aromatic heterocycles. The van der Waals surface area contributed by atoms with Crippen LogP contribution >= 0.6 is 11.3 Å². The van der Waals surface area contributed by atoms with Gasteiger partial charge in [0, 0.05) is 30.1 Å². The lowest BCUT2D eigenvalue weighted by Crippen LogP contribution is -2.22. The highest BCUT2D eigenvalue weighted by molar-refractivity contribution is 7.09. The molecule has 102 valence electrons. The SMILES string of the molecule is CCN(Cc1cccs1)Cc1cc(CN)ccc1F.